The number of rotatable bonds is 7. The SMILES string of the molecule is C=C(I)[C@@H](O)[C@H](CC(C)C)OCOC. The molecule has 3 nitrogen and oxygen atoms in total. The number of methoxy groups -OCH3 is 1. The van der Waals surface area contributed by atoms with Crippen LogP contribution in [0.1, 0.15) is 20.3 Å². The number of aliphatic hydroxyl groups is 1. The van der Waals surface area contributed by atoms with Gasteiger partial charge in [0.15, 0.2) is 0 Å². The summed E-state index contributed by atoms with van der Waals surface area (Å²) in [5, 5.41) is 9.77. The maximum atomic E-state index is 9.77. The Labute approximate surface area is 99.6 Å². The predicted molar refractivity (Wildman–Crippen MR) is 65.4 cm³/mol. The molecule has 0 amide bonds. The van der Waals surface area contributed by atoms with Crippen LogP contribution in [0.25, 0.3) is 0 Å². The molecule has 0 fully saturated rings. The van der Waals surface area contributed by atoms with Crippen molar-refractivity contribution in [3.05, 3.63) is 10.2 Å². The van der Waals surface area contributed by atoms with E-state index in [4.69, 9.17) is 9.47 Å². The fourth-order valence-corrected chi connectivity index (χ4v) is 1.51. The van der Waals surface area contributed by atoms with E-state index in [0.29, 0.717) is 9.50 Å². The third kappa shape index (κ3) is 5.95. The Morgan fingerprint density at radius 2 is 2.07 bits per heavy atom. The van der Waals surface area contributed by atoms with Crippen LogP contribution in [0, 0.1) is 5.92 Å². The second-order valence-corrected chi connectivity index (χ2v) is 5.02. The minimum atomic E-state index is -0.617. The second kappa shape index (κ2) is 7.62. The number of ether oxygens (including phenoxy) is 2. The standard InChI is InChI=1S/C10H19IO3/c1-7(2)5-9(14-6-13-4)10(12)8(3)11/h7,9-10,12H,3,5-6H2,1-2,4H3/t9-,10+/m0/s1. The largest absolute Gasteiger partial charge is 0.385 e. The van der Waals surface area contributed by atoms with Gasteiger partial charge in [-0.2, -0.15) is 0 Å². The summed E-state index contributed by atoms with van der Waals surface area (Å²) in [7, 11) is 1.57. The maximum Gasteiger partial charge on any atom is 0.146 e. The van der Waals surface area contributed by atoms with Gasteiger partial charge in [0, 0.05) is 10.7 Å². The lowest BCUT2D eigenvalue weighted by Crippen LogP contribution is -2.31. The van der Waals surface area contributed by atoms with Gasteiger partial charge in [0.1, 0.15) is 12.9 Å². The average Bonchev–Trinajstić information content (AvgIpc) is 2.10. The Bertz CT molecular complexity index is 171. The Kier molecular flexibility index (Phi) is 7.81. The van der Waals surface area contributed by atoms with E-state index >= 15 is 0 Å². The molecule has 0 spiro atoms. The molecule has 84 valence electrons. The second-order valence-electron chi connectivity index (χ2n) is 3.63. The first-order valence-corrected chi connectivity index (χ1v) is 5.69. The van der Waals surface area contributed by atoms with Crippen LogP contribution in [0.5, 0.6) is 0 Å². The number of halogens is 1. The molecule has 14 heavy (non-hydrogen) atoms. The van der Waals surface area contributed by atoms with Crippen LogP contribution in [0.3, 0.4) is 0 Å². The van der Waals surface area contributed by atoms with Gasteiger partial charge in [0.05, 0.1) is 6.10 Å². The summed E-state index contributed by atoms with van der Waals surface area (Å²) in [4.78, 5) is 0. The van der Waals surface area contributed by atoms with Crippen LogP contribution in [-0.4, -0.2) is 31.2 Å². The number of hydrogen-bond donors (Lipinski definition) is 1. The Morgan fingerprint density at radius 1 is 1.50 bits per heavy atom. The fraction of sp³-hybridized carbons (Fsp3) is 0.800. The first-order chi connectivity index (χ1) is 6.49. The van der Waals surface area contributed by atoms with Crippen molar-refractivity contribution in [1.82, 2.24) is 0 Å². The summed E-state index contributed by atoms with van der Waals surface area (Å²) >= 11 is 2.02. The normalized spacial score (nSPS) is 15.6. The lowest BCUT2D eigenvalue weighted by Gasteiger charge is -2.24. The summed E-state index contributed by atoms with van der Waals surface area (Å²) in [6, 6.07) is 0. The quantitative estimate of drug-likeness (QED) is 0.579. The van der Waals surface area contributed by atoms with Gasteiger partial charge in [-0.05, 0) is 34.9 Å². The van der Waals surface area contributed by atoms with Crippen molar-refractivity contribution in [2.24, 2.45) is 5.92 Å². The molecule has 0 aromatic carbocycles. The summed E-state index contributed by atoms with van der Waals surface area (Å²) in [6.07, 6.45) is -0.0421. The van der Waals surface area contributed by atoms with E-state index in [1.807, 2.05) is 22.6 Å². The van der Waals surface area contributed by atoms with Gasteiger partial charge in [-0.25, -0.2) is 0 Å². The molecule has 0 bridgehead atoms. The molecule has 0 saturated carbocycles. The van der Waals surface area contributed by atoms with Crippen molar-refractivity contribution in [2.75, 3.05) is 13.9 Å². The molecule has 0 aliphatic rings. The zero-order chi connectivity index (χ0) is 11.1. The van der Waals surface area contributed by atoms with Gasteiger partial charge in [-0.1, -0.05) is 20.4 Å². The Hall–Kier alpha value is 0.350. The van der Waals surface area contributed by atoms with E-state index in [0.717, 1.165) is 6.42 Å². The van der Waals surface area contributed by atoms with Gasteiger partial charge in [0.25, 0.3) is 0 Å². The van der Waals surface area contributed by atoms with E-state index in [-0.39, 0.29) is 12.9 Å². The smallest absolute Gasteiger partial charge is 0.146 e. The third-order valence-electron chi connectivity index (χ3n) is 1.78. The molecule has 0 aromatic rings. The fourth-order valence-electron chi connectivity index (χ4n) is 1.11. The van der Waals surface area contributed by atoms with Crippen molar-refractivity contribution in [1.29, 1.82) is 0 Å². The highest BCUT2D eigenvalue weighted by Crippen LogP contribution is 2.20. The zero-order valence-corrected chi connectivity index (χ0v) is 11.2. The Balaban J connectivity index is 4.15. The molecule has 0 rings (SSSR count). The summed E-state index contributed by atoms with van der Waals surface area (Å²) in [6.45, 7) is 8.09. The number of hydrogen-bond acceptors (Lipinski definition) is 3. The van der Waals surface area contributed by atoms with Gasteiger partial charge < -0.3 is 14.6 Å². The summed E-state index contributed by atoms with van der Waals surface area (Å²) < 4.78 is 10.9. The molecular formula is C10H19IO3. The van der Waals surface area contributed by atoms with Crippen molar-refractivity contribution < 1.29 is 14.6 Å². The summed E-state index contributed by atoms with van der Waals surface area (Å²) in [5.41, 5.74) is 0. The van der Waals surface area contributed by atoms with Crippen LogP contribution >= 0.6 is 22.6 Å². The molecule has 0 radical (unpaired) electrons. The van der Waals surface area contributed by atoms with Crippen molar-refractivity contribution in [3.8, 4) is 0 Å². The molecule has 0 aliphatic heterocycles. The number of aliphatic hydroxyl groups excluding tert-OH is 1. The third-order valence-corrected chi connectivity index (χ3v) is 2.41. The molecule has 0 saturated heterocycles. The molecule has 0 aliphatic carbocycles. The van der Waals surface area contributed by atoms with Crippen molar-refractivity contribution >= 4 is 22.6 Å². The van der Waals surface area contributed by atoms with E-state index in [9.17, 15) is 5.11 Å². The lowest BCUT2D eigenvalue weighted by molar-refractivity contribution is -0.108. The first kappa shape index (κ1) is 14.3. The zero-order valence-electron chi connectivity index (χ0n) is 9.00. The van der Waals surface area contributed by atoms with Gasteiger partial charge in [-0.3, -0.25) is 0 Å². The highest BCUT2D eigenvalue weighted by atomic mass is 127. The van der Waals surface area contributed by atoms with Crippen LogP contribution in [0.4, 0.5) is 0 Å². The van der Waals surface area contributed by atoms with Gasteiger partial charge in [0.2, 0.25) is 0 Å². The molecule has 0 aromatic heterocycles. The first-order valence-electron chi connectivity index (χ1n) is 4.62. The summed E-state index contributed by atoms with van der Waals surface area (Å²) in [5.74, 6) is 0.474. The maximum absolute atomic E-state index is 9.77. The molecular weight excluding hydrogens is 295 g/mol. The van der Waals surface area contributed by atoms with E-state index < -0.39 is 6.10 Å². The average molecular weight is 314 g/mol. The van der Waals surface area contributed by atoms with Crippen molar-refractivity contribution in [2.45, 2.75) is 32.5 Å². The molecule has 2 atom stereocenters. The van der Waals surface area contributed by atoms with Gasteiger partial charge in [-0.15, -0.1) is 0 Å². The van der Waals surface area contributed by atoms with Crippen molar-refractivity contribution in [3.63, 3.8) is 0 Å². The molecule has 0 heterocycles. The minimum Gasteiger partial charge on any atom is -0.385 e. The minimum absolute atomic E-state index is 0.207. The molecule has 1 N–H and O–H groups in total. The monoisotopic (exact) mass is 314 g/mol. The molecule has 0 unspecified atom stereocenters. The highest BCUT2D eigenvalue weighted by Gasteiger charge is 2.22. The van der Waals surface area contributed by atoms with Crippen LogP contribution in [0.2, 0.25) is 0 Å². The van der Waals surface area contributed by atoms with E-state index in [1.165, 1.54) is 0 Å². The topological polar surface area (TPSA) is 38.7 Å². The molecule has 4 heteroatoms. The predicted octanol–water partition coefficient (Wildman–Crippen LogP) is 2.33. The lowest BCUT2D eigenvalue weighted by atomic mass is 10.0. The van der Waals surface area contributed by atoms with E-state index in [1.54, 1.807) is 7.11 Å². The van der Waals surface area contributed by atoms with Crippen LogP contribution < -0.4 is 0 Å². The Morgan fingerprint density at radius 3 is 2.43 bits per heavy atom. The van der Waals surface area contributed by atoms with Gasteiger partial charge >= 0.3 is 0 Å². The highest BCUT2D eigenvalue weighted by molar-refractivity contribution is 14.1. The van der Waals surface area contributed by atoms with Crippen LogP contribution in [0.15, 0.2) is 10.2 Å². The van der Waals surface area contributed by atoms with E-state index in [2.05, 4.69) is 20.4 Å². The van der Waals surface area contributed by atoms with Crippen LogP contribution in [-0.2, 0) is 9.47 Å².